The van der Waals surface area contributed by atoms with Gasteiger partial charge in [-0.1, -0.05) is 26.8 Å². The van der Waals surface area contributed by atoms with Gasteiger partial charge in [0.1, 0.15) is 0 Å². The van der Waals surface area contributed by atoms with Crippen molar-refractivity contribution in [2.75, 3.05) is 24.3 Å². The SMILES string of the molecule is Cc1ccc(NC2CC(C)(C)CC2C)cc1N(C)C. The normalized spacial score (nSPS) is 25.4. The fourth-order valence-electron chi connectivity index (χ4n) is 3.48. The van der Waals surface area contributed by atoms with E-state index < -0.39 is 0 Å². The predicted octanol–water partition coefficient (Wildman–Crippen LogP) is 4.30. The van der Waals surface area contributed by atoms with E-state index in [0.29, 0.717) is 11.5 Å². The lowest BCUT2D eigenvalue weighted by molar-refractivity contribution is 0.366. The van der Waals surface area contributed by atoms with Gasteiger partial charge in [-0.3, -0.25) is 0 Å². The standard InChI is InChI=1S/C17H28N2/c1-12-7-8-14(9-16(12)19(5)6)18-15-11-17(3,4)10-13(15)2/h7-9,13,15,18H,10-11H2,1-6H3. The lowest BCUT2D eigenvalue weighted by atomic mass is 9.91. The van der Waals surface area contributed by atoms with Crippen LogP contribution in [0.5, 0.6) is 0 Å². The Kier molecular flexibility index (Phi) is 3.80. The molecule has 0 amide bonds. The van der Waals surface area contributed by atoms with E-state index in [1.54, 1.807) is 0 Å². The molecule has 1 fully saturated rings. The average molecular weight is 260 g/mol. The maximum Gasteiger partial charge on any atom is 0.0411 e. The van der Waals surface area contributed by atoms with Gasteiger partial charge >= 0.3 is 0 Å². The Morgan fingerprint density at radius 3 is 2.42 bits per heavy atom. The van der Waals surface area contributed by atoms with E-state index in [9.17, 15) is 0 Å². The highest BCUT2D eigenvalue weighted by Crippen LogP contribution is 2.42. The lowest BCUT2D eigenvalue weighted by Crippen LogP contribution is -2.22. The van der Waals surface area contributed by atoms with Crippen LogP contribution >= 0.6 is 0 Å². The van der Waals surface area contributed by atoms with Gasteiger partial charge in [-0.05, 0) is 48.8 Å². The van der Waals surface area contributed by atoms with Crippen LogP contribution in [0.15, 0.2) is 18.2 Å². The highest BCUT2D eigenvalue weighted by atomic mass is 15.1. The van der Waals surface area contributed by atoms with E-state index in [1.165, 1.54) is 29.8 Å². The zero-order valence-corrected chi connectivity index (χ0v) is 13.2. The maximum absolute atomic E-state index is 3.74. The summed E-state index contributed by atoms with van der Waals surface area (Å²) in [5.74, 6) is 0.749. The van der Waals surface area contributed by atoms with Crippen molar-refractivity contribution in [3.63, 3.8) is 0 Å². The van der Waals surface area contributed by atoms with Crippen LogP contribution in [0.3, 0.4) is 0 Å². The van der Waals surface area contributed by atoms with E-state index in [1.807, 2.05) is 0 Å². The van der Waals surface area contributed by atoms with Gasteiger partial charge in [-0.15, -0.1) is 0 Å². The third-order valence-electron chi connectivity index (χ3n) is 4.38. The monoisotopic (exact) mass is 260 g/mol. The number of anilines is 2. The van der Waals surface area contributed by atoms with Crippen molar-refractivity contribution in [1.82, 2.24) is 0 Å². The first-order valence-electron chi connectivity index (χ1n) is 7.33. The first kappa shape index (κ1) is 14.2. The molecule has 1 saturated carbocycles. The molecular formula is C17H28N2. The van der Waals surface area contributed by atoms with E-state index in [0.717, 1.165) is 5.92 Å². The second-order valence-corrected chi connectivity index (χ2v) is 7.20. The molecule has 1 aromatic rings. The van der Waals surface area contributed by atoms with Gasteiger partial charge in [0, 0.05) is 31.5 Å². The van der Waals surface area contributed by atoms with Gasteiger partial charge < -0.3 is 10.2 Å². The topological polar surface area (TPSA) is 15.3 Å². The largest absolute Gasteiger partial charge is 0.382 e. The van der Waals surface area contributed by atoms with Crippen molar-refractivity contribution in [3.8, 4) is 0 Å². The summed E-state index contributed by atoms with van der Waals surface area (Å²) in [6, 6.07) is 7.30. The molecule has 19 heavy (non-hydrogen) atoms. The number of benzene rings is 1. The fourth-order valence-corrected chi connectivity index (χ4v) is 3.48. The molecule has 0 bridgehead atoms. The van der Waals surface area contributed by atoms with Gasteiger partial charge in [0.15, 0.2) is 0 Å². The Hall–Kier alpha value is -1.18. The van der Waals surface area contributed by atoms with E-state index in [4.69, 9.17) is 0 Å². The number of nitrogens with one attached hydrogen (secondary N) is 1. The summed E-state index contributed by atoms with van der Waals surface area (Å²) in [7, 11) is 4.21. The smallest absolute Gasteiger partial charge is 0.0411 e. The second kappa shape index (κ2) is 5.07. The molecule has 2 unspecified atom stereocenters. The molecule has 0 radical (unpaired) electrons. The van der Waals surface area contributed by atoms with Gasteiger partial charge in [0.05, 0.1) is 0 Å². The summed E-state index contributed by atoms with van der Waals surface area (Å²) in [6.07, 6.45) is 2.58. The Bertz CT molecular complexity index is 449. The Morgan fingerprint density at radius 2 is 1.89 bits per heavy atom. The summed E-state index contributed by atoms with van der Waals surface area (Å²) in [5, 5.41) is 3.74. The number of aryl methyl sites for hydroxylation is 1. The Morgan fingerprint density at radius 1 is 1.21 bits per heavy atom. The third-order valence-corrected chi connectivity index (χ3v) is 4.38. The van der Waals surface area contributed by atoms with Crippen molar-refractivity contribution >= 4 is 11.4 Å². The van der Waals surface area contributed by atoms with Crippen LogP contribution in [0, 0.1) is 18.3 Å². The molecule has 0 heterocycles. The lowest BCUT2D eigenvalue weighted by Gasteiger charge is -2.22. The molecule has 0 aliphatic heterocycles. The molecule has 2 heteroatoms. The highest BCUT2D eigenvalue weighted by molar-refractivity contribution is 5.62. The summed E-state index contributed by atoms with van der Waals surface area (Å²) in [4.78, 5) is 2.18. The van der Waals surface area contributed by atoms with E-state index >= 15 is 0 Å². The minimum Gasteiger partial charge on any atom is -0.382 e. The minimum absolute atomic E-state index is 0.478. The number of nitrogens with zero attached hydrogens (tertiary/aromatic N) is 1. The van der Waals surface area contributed by atoms with Crippen molar-refractivity contribution in [2.24, 2.45) is 11.3 Å². The fraction of sp³-hybridized carbons (Fsp3) is 0.647. The zero-order chi connectivity index (χ0) is 14.2. The molecule has 0 spiro atoms. The van der Waals surface area contributed by atoms with Crippen LogP contribution in [0.4, 0.5) is 11.4 Å². The average Bonchev–Trinajstić information content (AvgIpc) is 2.54. The van der Waals surface area contributed by atoms with Gasteiger partial charge in [0.25, 0.3) is 0 Å². The van der Waals surface area contributed by atoms with Crippen LogP contribution in [0.25, 0.3) is 0 Å². The third kappa shape index (κ3) is 3.23. The summed E-state index contributed by atoms with van der Waals surface area (Å²) >= 11 is 0. The van der Waals surface area contributed by atoms with Crippen molar-refractivity contribution in [1.29, 1.82) is 0 Å². The van der Waals surface area contributed by atoms with Crippen molar-refractivity contribution < 1.29 is 0 Å². The van der Waals surface area contributed by atoms with Gasteiger partial charge in [-0.25, -0.2) is 0 Å². The van der Waals surface area contributed by atoms with Gasteiger partial charge in [-0.2, -0.15) is 0 Å². The molecule has 2 atom stereocenters. The zero-order valence-electron chi connectivity index (χ0n) is 13.2. The molecule has 2 nitrogen and oxygen atoms in total. The first-order valence-corrected chi connectivity index (χ1v) is 7.33. The molecule has 1 N–H and O–H groups in total. The molecule has 1 aliphatic carbocycles. The van der Waals surface area contributed by atoms with Crippen LogP contribution < -0.4 is 10.2 Å². The van der Waals surface area contributed by atoms with Crippen LogP contribution in [-0.4, -0.2) is 20.1 Å². The molecular weight excluding hydrogens is 232 g/mol. The van der Waals surface area contributed by atoms with Crippen LogP contribution in [0.1, 0.15) is 39.2 Å². The Labute approximate surface area is 118 Å². The van der Waals surface area contributed by atoms with E-state index in [2.05, 4.69) is 70.2 Å². The molecule has 106 valence electrons. The molecule has 0 aromatic heterocycles. The number of rotatable bonds is 3. The van der Waals surface area contributed by atoms with E-state index in [-0.39, 0.29) is 0 Å². The predicted molar refractivity (Wildman–Crippen MR) is 85.1 cm³/mol. The Balaban J connectivity index is 2.14. The summed E-state index contributed by atoms with van der Waals surface area (Å²) in [5.41, 5.74) is 4.36. The van der Waals surface area contributed by atoms with Gasteiger partial charge in [0.2, 0.25) is 0 Å². The first-order chi connectivity index (χ1) is 8.78. The molecule has 1 aromatic carbocycles. The summed E-state index contributed by atoms with van der Waals surface area (Å²) in [6.45, 7) is 9.30. The number of hydrogen-bond donors (Lipinski definition) is 1. The maximum atomic E-state index is 3.74. The molecule has 1 aliphatic rings. The van der Waals surface area contributed by atoms with Crippen LogP contribution in [0.2, 0.25) is 0 Å². The molecule has 2 rings (SSSR count). The second-order valence-electron chi connectivity index (χ2n) is 7.20. The minimum atomic E-state index is 0.478. The summed E-state index contributed by atoms with van der Waals surface area (Å²) < 4.78 is 0. The highest BCUT2D eigenvalue weighted by Gasteiger charge is 2.36. The van der Waals surface area contributed by atoms with Crippen molar-refractivity contribution in [2.45, 2.75) is 46.6 Å². The number of hydrogen-bond acceptors (Lipinski definition) is 2. The van der Waals surface area contributed by atoms with Crippen LogP contribution in [-0.2, 0) is 0 Å². The van der Waals surface area contributed by atoms with Crippen molar-refractivity contribution in [3.05, 3.63) is 23.8 Å². The quantitative estimate of drug-likeness (QED) is 0.871. The molecule has 0 saturated heterocycles.